The fourth-order valence-corrected chi connectivity index (χ4v) is 2.70. The molecule has 0 saturated heterocycles. The SMILES string of the molecule is CCNc1nc(C2(C)CC2)nc(C2CC2)c1Br. The standard InChI is InChI=1S/C13H18BrN3/c1-3-15-11-9(14)10(8-4-5-8)16-12(17-11)13(2)6-7-13/h8H,3-7H2,1-2H3,(H,15,16,17). The van der Waals surface area contributed by atoms with Gasteiger partial charge in [0.15, 0.2) is 0 Å². The maximum Gasteiger partial charge on any atom is 0.144 e. The normalized spacial score (nSPS) is 21.4. The maximum atomic E-state index is 4.81. The van der Waals surface area contributed by atoms with Gasteiger partial charge in [0, 0.05) is 17.9 Å². The molecule has 0 unspecified atom stereocenters. The van der Waals surface area contributed by atoms with E-state index in [-0.39, 0.29) is 5.41 Å². The van der Waals surface area contributed by atoms with E-state index >= 15 is 0 Å². The number of hydrogen-bond acceptors (Lipinski definition) is 3. The molecular formula is C13H18BrN3. The van der Waals surface area contributed by atoms with Gasteiger partial charge >= 0.3 is 0 Å². The maximum absolute atomic E-state index is 4.81. The number of anilines is 1. The Hall–Kier alpha value is -0.640. The highest BCUT2D eigenvalue weighted by Crippen LogP contribution is 2.49. The van der Waals surface area contributed by atoms with Crippen molar-refractivity contribution in [1.29, 1.82) is 0 Å². The summed E-state index contributed by atoms with van der Waals surface area (Å²) in [5.74, 6) is 2.68. The predicted octanol–water partition coefficient (Wildman–Crippen LogP) is 3.60. The van der Waals surface area contributed by atoms with Crippen LogP contribution < -0.4 is 5.32 Å². The first-order valence-electron chi connectivity index (χ1n) is 6.46. The smallest absolute Gasteiger partial charge is 0.144 e. The van der Waals surface area contributed by atoms with E-state index in [2.05, 4.69) is 35.1 Å². The van der Waals surface area contributed by atoms with Gasteiger partial charge in [-0.05, 0) is 48.5 Å². The lowest BCUT2D eigenvalue weighted by Crippen LogP contribution is -2.13. The van der Waals surface area contributed by atoms with Crippen molar-refractivity contribution in [2.75, 3.05) is 11.9 Å². The number of nitrogens with one attached hydrogen (secondary N) is 1. The van der Waals surface area contributed by atoms with Crippen LogP contribution in [0.4, 0.5) is 5.82 Å². The van der Waals surface area contributed by atoms with Crippen LogP contribution >= 0.6 is 15.9 Å². The molecule has 3 nitrogen and oxygen atoms in total. The molecule has 0 aliphatic heterocycles. The summed E-state index contributed by atoms with van der Waals surface area (Å²) >= 11 is 3.66. The van der Waals surface area contributed by atoms with E-state index in [4.69, 9.17) is 9.97 Å². The van der Waals surface area contributed by atoms with E-state index < -0.39 is 0 Å². The summed E-state index contributed by atoms with van der Waals surface area (Å²) in [5.41, 5.74) is 1.47. The zero-order valence-electron chi connectivity index (χ0n) is 10.4. The van der Waals surface area contributed by atoms with Crippen molar-refractivity contribution >= 4 is 21.7 Å². The summed E-state index contributed by atoms with van der Waals surface area (Å²) in [5, 5.41) is 3.34. The second-order valence-corrected chi connectivity index (χ2v) is 6.25. The first kappa shape index (κ1) is 11.5. The quantitative estimate of drug-likeness (QED) is 0.922. The van der Waals surface area contributed by atoms with Crippen LogP contribution in [0.15, 0.2) is 4.47 Å². The van der Waals surface area contributed by atoms with Crippen molar-refractivity contribution in [3.05, 3.63) is 16.0 Å². The molecule has 1 aromatic heterocycles. The zero-order valence-corrected chi connectivity index (χ0v) is 12.0. The molecule has 0 atom stereocenters. The Labute approximate surface area is 111 Å². The molecule has 2 fully saturated rings. The Morgan fingerprint density at radius 1 is 1.35 bits per heavy atom. The van der Waals surface area contributed by atoms with Gasteiger partial charge in [0.05, 0.1) is 10.2 Å². The molecule has 0 amide bonds. The largest absolute Gasteiger partial charge is 0.369 e. The summed E-state index contributed by atoms with van der Waals surface area (Å²) in [6.07, 6.45) is 5.00. The van der Waals surface area contributed by atoms with E-state index in [1.165, 1.54) is 31.4 Å². The average molecular weight is 296 g/mol. The first-order chi connectivity index (χ1) is 8.14. The third kappa shape index (κ3) is 2.07. The molecule has 0 bridgehead atoms. The van der Waals surface area contributed by atoms with Crippen LogP contribution in [0.5, 0.6) is 0 Å². The number of hydrogen-bond donors (Lipinski definition) is 1. The van der Waals surface area contributed by atoms with Crippen molar-refractivity contribution in [2.24, 2.45) is 0 Å². The molecule has 2 saturated carbocycles. The van der Waals surface area contributed by atoms with Gasteiger partial charge in [0.1, 0.15) is 11.6 Å². The van der Waals surface area contributed by atoms with Gasteiger partial charge in [0.2, 0.25) is 0 Å². The lowest BCUT2D eigenvalue weighted by molar-refractivity contribution is 0.696. The first-order valence-corrected chi connectivity index (χ1v) is 7.25. The molecule has 0 spiro atoms. The Balaban J connectivity index is 2.04. The number of aromatic nitrogens is 2. The summed E-state index contributed by atoms with van der Waals surface area (Å²) < 4.78 is 1.08. The van der Waals surface area contributed by atoms with Gasteiger partial charge in [0.25, 0.3) is 0 Å². The Morgan fingerprint density at radius 2 is 2.06 bits per heavy atom. The molecule has 4 heteroatoms. The lowest BCUT2D eigenvalue weighted by atomic mass is 10.1. The topological polar surface area (TPSA) is 37.8 Å². The zero-order chi connectivity index (χ0) is 12.0. The second kappa shape index (κ2) is 3.94. The van der Waals surface area contributed by atoms with Crippen LogP contribution in [-0.2, 0) is 5.41 Å². The van der Waals surface area contributed by atoms with Gasteiger partial charge < -0.3 is 5.32 Å². The van der Waals surface area contributed by atoms with E-state index in [0.29, 0.717) is 5.92 Å². The Morgan fingerprint density at radius 3 is 2.59 bits per heavy atom. The Kier molecular flexibility index (Phi) is 2.65. The predicted molar refractivity (Wildman–Crippen MR) is 72.5 cm³/mol. The minimum absolute atomic E-state index is 0.245. The average Bonchev–Trinajstić information content (AvgIpc) is 3.17. The third-order valence-electron chi connectivity index (χ3n) is 3.72. The molecular weight excluding hydrogens is 278 g/mol. The molecule has 0 radical (unpaired) electrons. The fraction of sp³-hybridized carbons (Fsp3) is 0.692. The van der Waals surface area contributed by atoms with Crippen molar-refractivity contribution in [3.63, 3.8) is 0 Å². The van der Waals surface area contributed by atoms with Crippen molar-refractivity contribution in [2.45, 2.75) is 50.9 Å². The minimum Gasteiger partial charge on any atom is -0.369 e. The molecule has 2 aliphatic carbocycles. The second-order valence-electron chi connectivity index (χ2n) is 5.46. The van der Waals surface area contributed by atoms with Crippen LogP contribution in [0.2, 0.25) is 0 Å². The van der Waals surface area contributed by atoms with Crippen molar-refractivity contribution in [1.82, 2.24) is 9.97 Å². The number of rotatable bonds is 4. The highest BCUT2D eigenvalue weighted by Gasteiger charge is 2.43. The van der Waals surface area contributed by atoms with Crippen LogP contribution in [0.1, 0.15) is 57.0 Å². The third-order valence-corrected chi connectivity index (χ3v) is 4.51. The lowest BCUT2D eigenvalue weighted by Gasteiger charge is -2.14. The van der Waals surface area contributed by atoms with Gasteiger partial charge in [-0.3, -0.25) is 0 Å². The summed E-state index contributed by atoms with van der Waals surface area (Å²) in [6, 6.07) is 0. The fourth-order valence-electron chi connectivity index (χ4n) is 2.06. The van der Waals surface area contributed by atoms with E-state index in [1.807, 2.05) is 0 Å². The molecule has 92 valence electrons. The highest BCUT2D eigenvalue weighted by molar-refractivity contribution is 9.10. The van der Waals surface area contributed by atoms with Gasteiger partial charge in [-0.2, -0.15) is 0 Å². The number of nitrogens with zero attached hydrogens (tertiary/aromatic N) is 2. The van der Waals surface area contributed by atoms with Crippen LogP contribution in [0.3, 0.4) is 0 Å². The van der Waals surface area contributed by atoms with Gasteiger partial charge in [-0.25, -0.2) is 9.97 Å². The minimum atomic E-state index is 0.245. The number of halogens is 1. The monoisotopic (exact) mass is 295 g/mol. The van der Waals surface area contributed by atoms with Crippen molar-refractivity contribution in [3.8, 4) is 0 Å². The summed E-state index contributed by atoms with van der Waals surface area (Å²) in [4.78, 5) is 9.51. The van der Waals surface area contributed by atoms with Crippen LogP contribution in [0, 0.1) is 0 Å². The van der Waals surface area contributed by atoms with Crippen LogP contribution in [0.25, 0.3) is 0 Å². The van der Waals surface area contributed by atoms with Gasteiger partial charge in [-0.15, -0.1) is 0 Å². The van der Waals surface area contributed by atoms with E-state index in [0.717, 1.165) is 22.7 Å². The molecule has 2 aliphatic rings. The van der Waals surface area contributed by atoms with E-state index in [9.17, 15) is 0 Å². The molecule has 0 aromatic carbocycles. The molecule has 1 N–H and O–H groups in total. The highest BCUT2D eigenvalue weighted by atomic mass is 79.9. The van der Waals surface area contributed by atoms with Gasteiger partial charge in [-0.1, -0.05) is 6.92 Å². The molecule has 1 aromatic rings. The molecule has 3 rings (SSSR count). The summed E-state index contributed by atoms with van der Waals surface area (Å²) in [6.45, 7) is 5.27. The molecule has 1 heterocycles. The molecule has 17 heavy (non-hydrogen) atoms. The summed E-state index contributed by atoms with van der Waals surface area (Å²) in [7, 11) is 0. The Bertz CT molecular complexity index is 450. The van der Waals surface area contributed by atoms with Crippen LogP contribution in [-0.4, -0.2) is 16.5 Å². The van der Waals surface area contributed by atoms with Crippen molar-refractivity contribution < 1.29 is 0 Å². The van der Waals surface area contributed by atoms with E-state index in [1.54, 1.807) is 0 Å².